The number of para-hydroxylation sites is 1. The second kappa shape index (κ2) is 7.13. The number of hydrogen-bond acceptors (Lipinski definition) is 4. The van der Waals surface area contributed by atoms with Crippen LogP contribution in [0.3, 0.4) is 0 Å². The highest BCUT2D eigenvalue weighted by atomic mass is 16.2. The molecular weight excluding hydrogens is 302 g/mol. The summed E-state index contributed by atoms with van der Waals surface area (Å²) in [5, 5.41) is 4.49. The van der Waals surface area contributed by atoms with E-state index in [0.29, 0.717) is 18.9 Å². The summed E-state index contributed by atoms with van der Waals surface area (Å²) in [7, 11) is 0. The number of piperidine rings is 1. The number of carbonyl (C=O) groups excluding carboxylic acids is 1. The second-order valence-corrected chi connectivity index (χ2v) is 6.47. The molecule has 6 heteroatoms. The molecule has 3 rings (SSSR count). The Morgan fingerprint density at radius 2 is 2.08 bits per heavy atom. The zero-order chi connectivity index (χ0) is 17.1. The van der Waals surface area contributed by atoms with Crippen molar-refractivity contribution < 1.29 is 4.79 Å². The van der Waals surface area contributed by atoms with Gasteiger partial charge in [-0.25, -0.2) is 9.67 Å². The van der Waals surface area contributed by atoms with Gasteiger partial charge in [-0.1, -0.05) is 32.0 Å². The second-order valence-electron chi connectivity index (χ2n) is 6.47. The summed E-state index contributed by atoms with van der Waals surface area (Å²) in [5.41, 5.74) is 6.80. The Balaban J connectivity index is 1.89. The quantitative estimate of drug-likeness (QED) is 0.932. The Bertz CT molecular complexity index is 697. The van der Waals surface area contributed by atoms with Gasteiger partial charge < -0.3 is 10.6 Å². The third-order valence-corrected chi connectivity index (χ3v) is 4.69. The summed E-state index contributed by atoms with van der Waals surface area (Å²) in [6.07, 6.45) is 2.66. The molecular formula is C18H25N5O. The van der Waals surface area contributed by atoms with Crippen LogP contribution in [0.4, 0.5) is 0 Å². The Morgan fingerprint density at radius 3 is 2.75 bits per heavy atom. The highest BCUT2D eigenvalue weighted by Crippen LogP contribution is 2.23. The van der Waals surface area contributed by atoms with Crippen molar-refractivity contribution >= 4 is 5.91 Å². The predicted octanol–water partition coefficient (Wildman–Crippen LogP) is 2.03. The van der Waals surface area contributed by atoms with E-state index in [1.807, 2.05) is 42.2 Å². The minimum atomic E-state index is -0.110. The fraction of sp³-hybridized carbons (Fsp3) is 0.500. The van der Waals surface area contributed by atoms with Gasteiger partial charge in [0, 0.05) is 25.6 Å². The zero-order valence-corrected chi connectivity index (χ0v) is 14.4. The molecule has 0 bridgehead atoms. The molecule has 0 saturated carbocycles. The molecule has 1 aliphatic heterocycles. The van der Waals surface area contributed by atoms with E-state index in [2.05, 4.69) is 17.0 Å². The SMILES string of the molecule is CCc1nc(C(=O)N2CCC(C)CC2CN)nn1-c1ccccc1. The molecule has 1 saturated heterocycles. The maximum absolute atomic E-state index is 12.9. The molecule has 1 aromatic heterocycles. The van der Waals surface area contributed by atoms with Crippen LogP contribution < -0.4 is 5.73 Å². The maximum atomic E-state index is 12.9. The van der Waals surface area contributed by atoms with Gasteiger partial charge in [-0.05, 0) is 30.9 Å². The van der Waals surface area contributed by atoms with E-state index < -0.39 is 0 Å². The van der Waals surface area contributed by atoms with E-state index in [9.17, 15) is 4.79 Å². The van der Waals surface area contributed by atoms with Gasteiger partial charge in [-0.3, -0.25) is 4.79 Å². The highest BCUT2D eigenvalue weighted by molar-refractivity contribution is 5.90. The molecule has 1 amide bonds. The van der Waals surface area contributed by atoms with Crippen LogP contribution in [0.2, 0.25) is 0 Å². The molecule has 0 radical (unpaired) electrons. The third-order valence-electron chi connectivity index (χ3n) is 4.69. The first-order valence-electron chi connectivity index (χ1n) is 8.66. The number of benzene rings is 1. The summed E-state index contributed by atoms with van der Waals surface area (Å²) in [5.74, 6) is 1.55. The molecule has 2 N–H and O–H groups in total. The summed E-state index contributed by atoms with van der Waals surface area (Å²) >= 11 is 0. The molecule has 1 aliphatic rings. The first kappa shape index (κ1) is 16.6. The van der Waals surface area contributed by atoms with Crippen molar-refractivity contribution in [1.82, 2.24) is 19.7 Å². The van der Waals surface area contributed by atoms with Gasteiger partial charge in [0.15, 0.2) is 0 Å². The van der Waals surface area contributed by atoms with Crippen LogP contribution in [-0.4, -0.2) is 44.7 Å². The van der Waals surface area contributed by atoms with E-state index >= 15 is 0 Å². The van der Waals surface area contributed by atoms with Gasteiger partial charge in [0.2, 0.25) is 5.82 Å². The first-order chi connectivity index (χ1) is 11.6. The number of nitrogens with two attached hydrogens (primary N) is 1. The molecule has 2 aromatic rings. The summed E-state index contributed by atoms with van der Waals surface area (Å²) in [6, 6.07) is 9.87. The van der Waals surface area contributed by atoms with Gasteiger partial charge in [0.05, 0.1) is 5.69 Å². The number of likely N-dealkylation sites (tertiary alicyclic amines) is 1. The van der Waals surface area contributed by atoms with Crippen molar-refractivity contribution in [3.05, 3.63) is 42.0 Å². The molecule has 2 atom stereocenters. The van der Waals surface area contributed by atoms with Crippen molar-refractivity contribution in [2.75, 3.05) is 13.1 Å². The molecule has 1 aromatic carbocycles. The summed E-state index contributed by atoms with van der Waals surface area (Å²) < 4.78 is 1.76. The highest BCUT2D eigenvalue weighted by Gasteiger charge is 2.32. The minimum absolute atomic E-state index is 0.0787. The predicted molar refractivity (Wildman–Crippen MR) is 93.0 cm³/mol. The summed E-state index contributed by atoms with van der Waals surface area (Å²) in [6.45, 7) is 5.43. The van der Waals surface area contributed by atoms with Crippen molar-refractivity contribution in [2.45, 2.75) is 39.2 Å². The van der Waals surface area contributed by atoms with Crippen molar-refractivity contribution in [2.24, 2.45) is 11.7 Å². The van der Waals surface area contributed by atoms with Gasteiger partial charge in [-0.15, -0.1) is 5.10 Å². The maximum Gasteiger partial charge on any atom is 0.293 e. The fourth-order valence-electron chi connectivity index (χ4n) is 3.31. The number of nitrogens with zero attached hydrogens (tertiary/aromatic N) is 4. The Kier molecular flexibility index (Phi) is 4.94. The Morgan fingerprint density at radius 1 is 1.33 bits per heavy atom. The normalized spacial score (nSPS) is 21.0. The van der Waals surface area contributed by atoms with Crippen molar-refractivity contribution in [1.29, 1.82) is 0 Å². The molecule has 0 aliphatic carbocycles. The number of carbonyl (C=O) groups is 1. The molecule has 128 valence electrons. The topological polar surface area (TPSA) is 77.0 Å². The zero-order valence-electron chi connectivity index (χ0n) is 14.4. The average Bonchev–Trinajstić information content (AvgIpc) is 3.06. The minimum Gasteiger partial charge on any atom is -0.332 e. The number of amides is 1. The van der Waals surface area contributed by atoms with Crippen LogP contribution in [0, 0.1) is 5.92 Å². The van der Waals surface area contributed by atoms with Crippen LogP contribution in [0.15, 0.2) is 30.3 Å². The van der Waals surface area contributed by atoms with Gasteiger partial charge in [0.25, 0.3) is 5.91 Å². The van der Waals surface area contributed by atoms with Crippen LogP contribution in [0.25, 0.3) is 5.69 Å². The number of aromatic nitrogens is 3. The number of hydrogen-bond donors (Lipinski definition) is 1. The summed E-state index contributed by atoms with van der Waals surface area (Å²) in [4.78, 5) is 19.3. The molecule has 24 heavy (non-hydrogen) atoms. The number of aryl methyl sites for hydroxylation is 1. The third kappa shape index (κ3) is 3.19. The lowest BCUT2D eigenvalue weighted by atomic mass is 9.92. The standard InChI is InChI=1S/C18H25N5O/c1-3-16-20-17(21-23(16)14-7-5-4-6-8-14)18(24)22-10-9-13(2)11-15(22)12-19/h4-8,13,15H,3,9-12,19H2,1-2H3. The van der Waals surface area contributed by atoms with Gasteiger partial charge >= 0.3 is 0 Å². The van der Waals surface area contributed by atoms with E-state index in [-0.39, 0.29) is 17.8 Å². The van der Waals surface area contributed by atoms with E-state index in [4.69, 9.17) is 5.73 Å². The molecule has 1 fully saturated rings. The van der Waals surface area contributed by atoms with Crippen molar-refractivity contribution in [3.8, 4) is 5.69 Å². The largest absolute Gasteiger partial charge is 0.332 e. The molecule has 6 nitrogen and oxygen atoms in total. The van der Waals surface area contributed by atoms with Crippen LogP contribution in [-0.2, 0) is 6.42 Å². The van der Waals surface area contributed by atoms with Crippen molar-refractivity contribution in [3.63, 3.8) is 0 Å². The van der Waals surface area contributed by atoms with E-state index in [0.717, 1.165) is 30.9 Å². The monoisotopic (exact) mass is 327 g/mol. The fourth-order valence-corrected chi connectivity index (χ4v) is 3.31. The van der Waals surface area contributed by atoms with Crippen LogP contribution in [0.1, 0.15) is 43.1 Å². The van der Waals surface area contributed by atoms with E-state index in [1.54, 1.807) is 4.68 Å². The lowest BCUT2D eigenvalue weighted by Crippen LogP contribution is -2.49. The Hall–Kier alpha value is -2.21. The van der Waals surface area contributed by atoms with Crippen LogP contribution in [0.5, 0.6) is 0 Å². The van der Waals surface area contributed by atoms with Gasteiger partial charge in [-0.2, -0.15) is 0 Å². The first-order valence-corrected chi connectivity index (χ1v) is 8.66. The Labute approximate surface area is 142 Å². The molecule has 2 unspecified atom stereocenters. The average molecular weight is 327 g/mol. The lowest BCUT2D eigenvalue weighted by molar-refractivity contribution is 0.0561. The van der Waals surface area contributed by atoms with Crippen LogP contribution >= 0.6 is 0 Å². The van der Waals surface area contributed by atoms with E-state index in [1.165, 1.54) is 0 Å². The number of rotatable bonds is 4. The smallest absolute Gasteiger partial charge is 0.293 e. The van der Waals surface area contributed by atoms with Gasteiger partial charge in [0.1, 0.15) is 5.82 Å². The molecule has 2 heterocycles. The molecule has 0 spiro atoms. The lowest BCUT2D eigenvalue weighted by Gasteiger charge is -2.37.